The molecule has 10 heteroatoms. The average molecular weight is 375 g/mol. The van der Waals surface area contributed by atoms with Gasteiger partial charge in [-0.2, -0.15) is 5.10 Å². The number of hydrogen-bond donors (Lipinski definition) is 3. The Hall–Kier alpha value is -1.94. The molecule has 2 aromatic rings. The molecule has 0 amide bonds. The van der Waals surface area contributed by atoms with Crippen LogP contribution in [0.4, 0.5) is 5.69 Å². The molecule has 0 spiro atoms. The Kier molecular flexibility index (Phi) is 4.01. The third-order valence-electron chi connectivity index (χ3n) is 2.66. The molecule has 0 saturated carbocycles. The minimum absolute atomic E-state index is 0.141. The van der Waals surface area contributed by atoms with E-state index in [9.17, 15) is 13.2 Å². The van der Waals surface area contributed by atoms with Crippen LogP contribution in [0.3, 0.4) is 0 Å². The molecule has 112 valence electrons. The van der Waals surface area contributed by atoms with Gasteiger partial charge in [0.05, 0.1) is 17.1 Å². The van der Waals surface area contributed by atoms with Gasteiger partial charge in [-0.15, -0.1) is 0 Å². The highest BCUT2D eigenvalue weighted by molar-refractivity contribution is 9.10. The smallest absolute Gasteiger partial charge is 0.357 e. The van der Waals surface area contributed by atoms with Gasteiger partial charge in [-0.05, 0) is 41.9 Å². The molecule has 0 aliphatic rings. The summed E-state index contributed by atoms with van der Waals surface area (Å²) < 4.78 is 27.6. The van der Waals surface area contributed by atoms with Crippen LogP contribution in [0.15, 0.2) is 21.6 Å². The van der Waals surface area contributed by atoms with Gasteiger partial charge in [0.15, 0.2) is 5.69 Å². The second kappa shape index (κ2) is 5.45. The quantitative estimate of drug-likeness (QED) is 0.699. The largest absolute Gasteiger partial charge is 0.476 e. The Morgan fingerprint density at radius 2 is 2.05 bits per heavy atom. The van der Waals surface area contributed by atoms with E-state index >= 15 is 0 Å². The predicted octanol–water partition coefficient (Wildman–Crippen LogP) is 1.68. The van der Waals surface area contributed by atoms with Crippen molar-refractivity contribution in [3.05, 3.63) is 33.8 Å². The summed E-state index contributed by atoms with van der Waals surface area (Å²) in [5, 5.41) is 14.9. The molecular weight excluding hydrogens is 364 g/mol. The summed E-state index contributed by atoms with van der Waals surface area (Å²) in [6, 6.07) is 3.10. The Morgan fingerprint density at radius 3 is 2.62 bits per heavy atom. The molecule has 0 unspecified atom stereocenters. The van der Waals surface area contributed by atoms with Crippen LogP contribution in [0.1, 0.15) is 21.9 Å². The number of anilines is 1. The van der Waals surface area contributed by atoms with E-state index in [-0.39, 0.29) is 11.4 Å². The minimum Gasteiger partial charge on any atom is -0.476 e. The lowest BCUT2D eigenvalue weighted by Gasteiger charge is -2.10. The van der Waals surface area contributed by atoms with Crippen LogP contribution >= 0.6 is 15.9 Å². The minimum atomic E-state index is -4.09. The average Bonchev–Trinajstić information content (AvgIpc) is 2.76. The first kappa shape index (κ1) is 15.4. The van der Waals surface area contributed by atoms with Crippen LogP contribution in [-0.2, 0) is 10.0 Å². The topological polar surface area (TPSA) is 125 Å². The van der Waals surface area contributed by atoms with Crippen molar-refractivity contribution in [2.24, 2.45) is 0 Å². The number of carboxylic acids is 1. The summed E-state index contributed by atoms with van der Waals surface area (Å²) in [6.45, 7) is 3.06. The number of rotatable bonds is 4. The lowest BCUT2D eigenvalue weighted by atomic mass is 10.3. The molecule has 0 aliphatic heterocycles. The number of aromatic amines is 1. The first-order valence-corrected chi connectivity index (χ1v) is 7.94. The number of carboxylic acid groups (broad SMARTS) is 1. The van der Waals surface area contributed by atoms with Crippen molar-refractivity contribution in [3.8, 4) is 0 Å². The number of sulfonamides is 1. The monoisotopic (exact) mass is 374 g/mol. The van der Waals surface area contributed by atoms with Crippen molar-refractivity contribution in [1.29, 1.82) is 0 Å². The van der Waals surface area contributed by atoms with Crippen molar-refractivity contribution in [3.63, 3.8) is 0 Å². The van der Waals surface area contributed by atoms with Gasteiger partial charge in [-0.1, -0.05) is 0 Å². The van der Waals surface area contributed by atoms with E-state index in [0.29, 0.717) is 10.3 Å². The lowest BCUT2D eigenvalue weighted by Crippen LogP contribution is -2.17. The fourth-order valence-corrected chi connectivity index (χ4v) is 3.57. The number of aryl methyl sites for hydroxylation is 2. The fourth-order valence-electron chi connectivity index (χ4n) is 1.73. The number of halogens is 1. The molecule has 0 atom stereocenters. The molecule has 0 fully saturated rings. The highest BCUT2D eigenvalue weighted by atomic mass is 79.9. The molecule has 0 aliphatic carbocycles. The van der Waals surface area contributed by atoms with Gasteiger partial charge in [0, 0.05) is 0 Å². The zero-order valence-electron chi connectivity index (χ0n) is 11.0. The van der Waals surface area contributed by atoms with Crippen LogP contribution in [0.25, 0.3) is 0 Å². The summed E-state index contributed by atoms with van der Waals surface area (Å²) in [4.78, 5) is 14.7. The zero-order chi connectivity index (χ0) is 15.8. The van der Waals surface area contributed by atoms with E-state index < -0.39 is 26.6 Å². The SMILES string of the molecule is Cc1nc(Br)ccc1NS(=O)(=O)c1c(C(=O)O)n[nH]c1C. The standard InChI is InChI=1S/C11H11BrN4O4S/c1-5-7(3-4-8(12)13-5)16-21(19,20)10-6(2)14-15-9(10)11(17)18/h3-4,16H,1-2H3,(H,14,15)(H,17,18). The molecule has 3 N–H and O–H groups in total. The first-order chi connectivity index (χ1) is 9.72. The molecule has 2 rings (SSSR count). The van der Waals surface area contributed by atoms with Crippen molar-refractivity contribution >= 4 is 37.6 Å². The zero-order valence-corrected chi connectivity index (χ0v) is 13.4. The van der Waals surface area contributed by atoms with Crippen LogP contribution in [0.5, 0.6) is 0 Å². The van der Waals surface area contributed by atoms with Crippen molar-refractivity contribution in [2.45, 2.75) is 18.7 Å². The molecular formula is C11H11BrN4O4S. The Balaban J connectivity index is 2.48. The Morgan fingerprint density at radius 1 is 1.38 bits per heavy atom. The molecule has 2 heterocycles. The van der Waals surface area contributed by atoms with Crippen LogP contribution in [0.2, 0.25) is 0 Å². The van der Waals surface area contributed by atoms with Gasteiger partial charge < -0.3 is 5.11 Å². The van der Waals surface area contributed by atoms with Crippen LogP contribution < -0.4 is 4.72 Å². The van der Waals surface area contributed by atoms with Crippen molar-refractivity contribution in [2.75, 3.05) is 4.72 Å². The van der Waals surface area contributed by atoms with E-state index in [1.54, 1.807) is 13.0 Å². The normalized spacial score (nSPS) is 11.4. The fraction of sp³-hybridized carbons (Fsp3) is 0.182. The van der Waals surface area contributed by atoms with E-state index in [4.69, 9.17) is 5.11 Å². The molecule has 0 aromatic carbocycles. The first-order valence-electron chi connectivity index (χ1n) is 5.66. The number of aromatic carboxylic acids is 1. The molecule has 0 bridgehead atoms. The maximum Gasteiger partial charge on any atom is 0.357 e. The predicted molar refractivity (Wildman–Crippen MR) is 77.8 cm³/mol. The number of nitrogens with zero attached hydrogens (tertiary/aromatic N) is 2. The van der Waals surface area contributed by atoms with E-state index in [0.717, 1.165) is 0 Å². The number of nitrogens with one attached hydrogen (secondary N) is 2. The summed E-state index contributed by atoms with van der Waals surface area (Å²) in [7, 11) is -4.09. The van der Waals surface area contributed by atoms with Gasteiger partial charge in [0.25, 0.3) is 10.0 Å². The van der Waals surface area contributed by atoms with Crippen LogP contribution in [-0.4, -0.2) is 34.7 Å². The van der Waals surface area contributed by atoms with E-state index in [1.165, 1.54) is 13.0 Å². The second-order valence-corrected chi connectivity index (χ2v) is 6.64. The number of H-pyrrole nitrogens is 1. The molecule has 21 heavy (non-hydrogen) atoms. The molecule has 0 saturated heterocycles. The van der Waals surface area contributed by atoms with Crippen LogP contribution in [0, 0.1) is 13.8 Å². The molecule has 8 nitrogen and oxygen atoms in total. The van der Waals surface area contributed by atoms with E-state index in [2.05, 4.69) is 35.8 Å². The third-order valence-corrected chi connectivity index (χ3v) is 4.63. The van der Waals surface area contributed by atoms with Gasteiger partial charge in [-0.3, -0.25) is 9.82 Å². The number of carbonyl (C=O) groups is 1. The summed E-state index contributed by atoms with van der Waals surface area (Å²) >= 11 is 3.18. The van der Waals surface area contributed by atoms with Gasteiger partial charge in [-0.25, -0.2) is 18.2 Å². The Labute approximate surface area is 128 Å². The highest BCUT2D eigenvalue weighted by Gasteiger charge is 2.28. The van der Waals surface area contributed by atoms with Crippen molar-refractivity contribution < 1.29 is 18.3 Å². The summed E-state index contributed by atoms with van der Waals surface area (Å²) in [5.74, 6) is -1.43. The maximum atomic E-state index is 12.4. The van der Waals surface area contributed by atoms with Gasteiger partial charge in [0.2, 0.25) is 0 Å². The number of pyridine rings is 1. The summed E-state index contributed by atoms with van der Waals surface area (Å²) in [5.41, 5.74) is 0.298. The third kappa shape index (κ3) is 3.05. The van der Waals surface area contributed by atoms with Gasteiger partial charge >= 0.3 is 5.97 Å². The molecule has 2 aromatic heterocycles. The number of aromatic nitrogens is 3. The second-order valence-electron chi connectivity index (χ2n) is 4.20. The maximum absolute atomic E-state index is 12.4. The van der Waals surface area contributed by atoms with Gasteiger partial charge in [0.1, 0.15) is 9.50 Å². The van der Waals surface area contributed by atoms with E-state index in [1.807, 2.05) is 0 Å². The molecule has 0 radical (unpaired) electrons. The van der Waals surface area contributed by atoms with Crippen molar-refractivity contribution in [1.82, 2.24) is 15.2 Å². The lowest BCUT2D eigenvalue weighted by molar-refractivity contribution is 0.0686. The number of hydrogen-bond acceptors (Lipinski definition) is 5. The Bertz CT molecular complexity index is 816. The highest BCUT2D eigenvalue weighted by Crippen LogP contribution is 2.23. The summed E-state index contributed by atoms with van der Waals surface area (Å²) in [6.07, 6.45) is 0.